The zero-order valence-electron chi connectivity index (χ0n) is 13.0. The Bertz CT molecular complexity index is 643. The van der Waals surface area contributed by atoms with E-state index in [0.717, 1.165) is 0 Å². The Balaban J connectivity index is 0.000000422. The van der Waals surface area contributed by atoms with E-state index in [1.54, 1.807) is 0 Å². The third-order valence-corrected chi connectivity index (χ3v) is 2.91. The van der Waals surface area contributed by atoms with Crippen molar-refractivity contribution in [2.75, 3.05) is 0 Å². The third kappa shape index (κ3) is 6.60. The minimum absolute atomic E-state index is 1.18. The van der Waals surface area contributed by atoms with Crippen LogP contribution < -0.4 is 4.99 Å². The summed E-state index contributed by atoms with van der Waals surface area (Å²) in [5.74, 6) is 0. The Kier molecular flexibility index (Phi) is 5.97. The number of hydrogen-bond donors (Lipinski definition) is 2. The summed E-state index contributed by atoms with van der Waals surface area (Å²) in [5, 5.41) is 0. The highest BCUT2D eigenvalue weighted by Gasteiger charge is 2.20. The summed E-state index contributed by atoms with van der Waals surface area (Å²) in [6, 6.07) is 2.16. The van der Waals surface area contributed by atoms with E-state index in [0.29, 0.717) is 0 Å². The van der Waals surface area contributed by atoms with Crippen molar-refractivity contribution >= 4 is 19.0 Å². The van der Waals surface area contributed by atoms with E-state index in [1.165, 1.54) is 33.9 Å². The smallest absolute Gasteiger partial charge is 0.418 e. The fourth-order valence-electron chi connectivity index (χ4n) is 2.09. The van der Waals surface area contributed by atoms with Crippen LogP contribution in [0.1, 0.15) is 30.8 Å². The van der Waals surface area contributed by atoms with E-state index in [-0.39, 0.29) is 0 Å². The molecule has 2 nitrogen and oxygen atoms in total. The first-order valence-electron chi connectivity index (χ1n) is 6.77. The van der Waals surface area contributed by atoms with Crippen LogP contribution in [0.5, 0.6) is 0 Å². The highest BCUT2D eigenvalue weighted by Crippen LogP contribution is 2.11. The second-order valence-corrected chi connectivity index (χ2v) is 5.12. The molecule has 0 unspecified atom stereocenters. The predicted molar refractivity (Wildman–Crippen MR) is 83.0 cm³/mol. The molecule has 0 aliphatic carbocycles. The first-order valence-corrected chi connectivity index (χ1v) is 6.77. The Morgan fingerprint density at radius 3 is 2.09 bits per heavy atom. The first kappa shape index (κ1) is 18.0. The zero-order chi connectivity index (χ0) is 16.9. The Labute approximate surface area is 127 Å². The van der Waals surface area contributed by atoms with Crippen LogP contribution in [0.25, 0.3) is 6.08 Å². The number of nitrogens with one attached hydrogen (secondary N) is 2. The molecular weight excluding hydrogens is 295 g/mol. The van der Waals surface area contributed by atoms with E-state index < -0.39 is 7.25 Å². The number of aromatic nitrogens is 1. The fraction of sp³-hybridized carbons (Fsp3) is 0.267. The summed E-state index contributed by atoms with van der Waals surface area (Å²) in [6.45, 7) is 8.39. The highest BCUT2D eigenvalue weighted by molar-refractivity contribution is 6.50. The third-order valence-electron chi connectivity index (χ3n) is 2.91. The van der Waals surface area contributed by atoms with Crippen LogP contribution >= 0.6 is 0 Å². The van der Waals surface area contributed by atoms with Gasteiger partial charge in [-0.05, 0) is 38.5 Å². The molecule has 7 heteroatoms. The molecule has 1 aromatic heterocycles. The highest BCUT2D eigenvalue weighted by atomic mass is 19.5. The minimum Gasteiger partial charge on any atom is -0.418 e. The number of aryl methyl sites for hydroxylation is 2. The SMILES string of the molecule is CC1=CC(C)=[NH+]/C1=C/C=C/c1[nH]c(C)cc1C.F[B-](F)(F)F. The number of hydrogen-bond acceptors (Lipinski definition) is 0. The molecule has 0 atom stereocenters. The molecule has 2 N–H and O–H groups in total. The molecule has 0 saturated carbocycles. The summed E-state index contributed by atoms with van der Waals surface area (Å²) in [5.41, 5.74) is 7.33. The lowest BCUT2D eigenvalue weighted by molar-refractivity contribution is -0.388. The van der Waals surface area contributed by atoms with Crippen molar-refractivity contribution < 1.29 is 22.3 Å². The number of rotatable bonds is 2. The average molecular weight is 314 g/mol. The van der Waals surface area contributed by atoms with Crippen LogP contribution in [0.3, 0.4) is 0 Å². The van der Waals surface area contributed by atoms with Gasteiger partial charge in [0.2, 0.25) is 5.70 Å². The van der Waals surface area contributed by atoms with Crippen molar-refractivity contribution in [1.29, 1.82) is 0 Å². The summed E-state index contributed by atoms with van der Waals surface area (Å²) in [6.07, 6.45) is 8.45. The van der Waals surface area contributed by atoms with Gasteiger partial charge >= 0.3 is 7.25 Å². The maximum absolute atomic E-state index is 9.75. The second kappa shape index (κ2) is 7.29. The Morgan fingerprint density at radius 1 is 1.09 bits per heavy atom. The predicted octanol–water partition coefficient (Wildman–Crippen LogP) is 3.33. The molecule has 0 amide bonds. The summed E-state index contributed by atoms with van der Waals surface area (Å²) in [4.78, 5) is 6.67. The number of H-pyrrole nitrogens is 1. The quantitative estimate of drug-likeness (QED) is 0.619. The first-order chi connectivity index (χ1) is 10.1. The summed E-state index contributed by atoms with van der Waals surface area (Å²) in [7, 11) is -6.00. The lowest BCUT2D eigenvalue weighted by Crippen LogP contribution is -2.67. The minimum atomic E-state index is -6.00. The van der Waals surface area contributed by atoms with Crippen LogP contribution in [-0.2, 0) is 0 Å². The van der Waals surface area contributed by atoms with Crippen molar-refractivity contribution in [1.82, 2.24) is 4.98 Å². The van der Waals surface area contributed by atoms with Crippen molar-refractivity contribution in [2.24, 2.45) is 0 Å². The fourth-order valence-corrected chi connectivity index (χ4v) is 2.09. The largest absolute Gasteiger partial charge is 0.673 e. The zero-order valence-corrected chi connectivity index (χ0v) is 13.0. The van der Waals surface area contributed by atoms with Crippen LogP contribution in [-0.4, -0.2) is 18.0 Å². The monoisotopic (exact) mass is 314 g/mol. The van der Waals surface area contributed by atoms with E-state index in [4.69, 9.17) is 0 Å². The average Bonchev–Trinajstić information content (AvgIpc) is 2.80. The molecular formula is C15H19BF4N2. The van der Waals surface area contributed by atoms with Gasteiger partial charge in [0.1, 0.15) is 0 Å². The molecule has 1 aliphatic heterocycles. The molecule has 1 aromatic rings. The van der Waals surface area contributed by atoms with Crippen molar-refractivity contribution in [3.8, 4) is 0 Å². The van der Waals surface area contributed by atoms with Crippen molar-refractivity contribution in [3.05, 3.63) is 52.5 Å². The Hall–Kier alpha value is -2.05. The van der Waals surface area contributed by atoms with Gasteiger partial charge in [-0.25, -0.2) is 4.99 Å². The van der Waals surface area contributed by atoms with E-state index in [2.05, 4.69) is 68.0 Å². The number of allylic oxidation sites excluding steroid dienone is 4. The Morgan fingerprint density at radius 2 is 1.68 bits per heavy atom. The topological polar surface area (TPSA) is 29.8 Å². The standard InChI is InChI=1S/C15H18N2.BF4/c1-10-8-12(3)16-14(10)6-5-7-15-11(2)9-13(4)17-15;2-1(3,4)5/h5-9,16H,1-4H3;/q;-1/p+1/b6-5+,15-7+;. The molecule has 2 rings (SSSR count). The summed E-state index contributed by atoms with van der Waals surface area (Å²) >= 11 is 0. The lowest BCUT2D eigenvalue weighted by Gasteiger charge is -1.94. The maximum Gasteiger partial charge on any atom is 0.673 e. The molecule has 0 fully saturated rings. The van der Waals surface area contributed by atoms with Gasteiger partial charge < -0.3 is 22.2 Å². The van der Waals surface area contributed by atoms with Gasteiger partial charge in [-0.15, -0.1) is 0 Å². The molecule has 0 spiro atoms. The van der Waals surface area contributed by atoms with Gasteiger partial charge in [0.15, 0.2) is 5.71 Å². The molecule has 1 aliphatic rings. The lowest BCUT2D eigenvalue weighted by atomic mass is 10.2. The van der Waals surface area contributed by atoms with Crippen LogP contribution in [0.15, 0.2) is 35.6 Å². The molecule has 0 bridgehead atoms. The van der Waals surface area contributed by atoms with Crippen LogP contribution in [0, 0.1) is 13.8 Å². The van der Waals surface area contributed by atoms with E-state index in [1.807, 2.05) is 0 Å². The van der Waals surface area contributed by atoms with Crippen molar-refractivity contribution in [3.63, 3.8) is 0 Å². The van der Waals surface area contributed by atoms with Gasteiger partial charge in [-0.2, -0.15) is 0 Å². The van der Waals surface area contributed by atoms with E-state index >= 15 is 0 Å². The molecule has 120 valence electrons. The number of aromatic amines is 1. The molecule has 2 heterocycles. The second-order valence-electron chi connectivity index (χ2n) is 5.12. The molecule has 0 saturated heterocycles. The maximum atomic E-state index is 9.75. The van der Waals surface area contributed by atoms with Gasteiger partial charge in [0.25, 0.3) is 0 Å². The van der Waals surface area contributed by atoms with Gasteiger partial charge in [0, 0.05) is 36.0 Å². The van der Waals surface area contributed by atoms with Crippen LogP contribution in [0.4, 0.5) is 17.3 Å². The van der Waals surface area contributed by atoms with E-state index in [9.17, 15) is 17.3 Å². The molecule has 22 heavy (non-hydrogen) atoms. The van der Waals surface area contributed by atoms with Gasteiger partial charge in [-0.3, -0.25) is 0 Å². The van der Waals surface area contributed by atoms with Crippen molar-refractivity contribution in [2.45, 2.75) is 27.7 Å². The molecule has 0 radical (unpaired) electrons. The summed E-state index contributed by atoms with van der Waals surface area (Å²) < 4.78 is 39.0. The van der Waals surface area contributed by atoms with Gasteiger partial charge in [0.05, 0.1) is 0 Å². The number of halogens is 4. The normalized spacial score (nSPS) is 16.6. The van der Waals surface area contributed by atoms with Crippen LogP contribution in [0.2, 0.25) is 0 Å². The molecule has 0 aromatic carbocycles. The van der Waals surface area contributed by atoms with Gasteiger partial charge in [-0.1, -0.05) is 6.08 Å².